The Morgan fingerprint density at radius 1 is 1.22 bits per heavy atom. The number of carbonyl (C=O) groups excluding carboxylic acids is 1. The molecule has 1 fully saturated rings. The van der Waals surface area contributed by atoms with Gasteiger partial charge in [-0.2, -0.15) is 0 Å². The van der Waals surface area contributed by atoms with Gasteiger partial charge >= 0.3 is 12.0 Å². The molecule has 0 aromatic heterocycles. The Labute approximate surface area is 108 Å². The standard InChI is InChI=1S/C12H23N3O3/c1-10(2)9-14-5-7-15(8-6-14)12(18)13-4-3-11(16)17/h10H,3-9H2,1-2H3,(H,13,18)(H,16,17). The van der Waals surface area contributed by atoms with Crippen molar-refractivity contribution in [3.05, 3.63) is 0 Å². The molecule has 2 amide bonds. The number of aliphatic carboxylic acids is 1. The van der Waals surface area contributed by atoms with Crippen molar-refractivity contribution in [1.82, 2.24) is 15.1 Å². The van der Waals surface area contributed by atoms with E-state index in [1.165, 1.54) is 0 Å². The molecule has 1 rings (SSSR count). The number of hydrogen-bond donors (Lipinski definition) is 2. The van der Waals surface area contributed by atoms with Gasteiger partial charge in [-0.15, -0.1) is 0 Å². The number of urea groups is 1. The fourth-order valence-electron chi connectivity index (χ4n) is 2.04. The third-order valence-electron chi connectivity index (χ3n) is 2.90. The average Bonchev–Trinajstić information content (AvgIpc) is 2.28. The molecule has 18 heavy (non-hydrogen) atoms. The molecule has 0 saturated carbocycles. The Morgan fingerprint density at radius 2 is 1.83 bits per heavy atom. The fourth-order valence-corrected chi connectivity index (χ4v) is 2.04. The second-order valence-electron chi connectivity index (χ2n) is 5.06. The van der Waals surface area contributed by atoms with E-state index in [0.717, 1.165) is 19.6 Å². The van der Waals surface area contributed by atoms with Crippen molar-refractivity contribution in [3.63, 3.8) is 0 Å². The SMILES string of the molecule is CC(C)CN1CCN(C(=O)NCCC(=O)O)CC1. The summed E-state index contributed by atoms with van der Waals surface area (Å²) in [6.45, 7) is 8.84. The van der Waals surface area contributed by atoms with Crippen molar-refractivity contribution in [1.29, 1.82) is 0 Å². The minimum Gasteiger partial charge on any atom is -0.481 e. The number of nitrogens with one attached hydrogen (secondary N) is 1. The van der Waals surface area contributed by atoms with Crippen molar-refractivity contribution >= 4 is 12.0 Å². The van der Waals surface area contributed by atoms with Crippen LogP contribution >= 0.6 is 0 Å². The predicted molar refractivity (Wildman–Crippen MR) is 68.5 cm³/mol. The lowest BCUT2D eigenvalue weighted by atomic mass is 10.2. The van der Waals surface area contributed by atoms with Crippen LogP contribution < -0.4 is 5.32 Å². The first kappa shape index (κ1) is 14.8. The normalized spacial score (nSPS) is 16.9. The van der Waals surface area contributed by atoms with Gasteiger partial charge in [-0.25, -0.2) is 4.79 Å². The predicted octanol–water partition coefficient (Wildman–Crippen LogP) is 0.444. The molecule has 1 aliphatic rings. The van der Waals surface area contributed by atoms with Gasteiger partial charge in [-0.05, 0) is 5.92 Å². The summed E-state index contributed by atoms with van der Waals surface area (Å²) in [7, 11) is 0. The van der Waals surface area contributed by atoms with E-state index in [0.29, 0.717) is 19.0 Å². The van der Waals surface area contributed by atoms with Gasteiger partial charge in [0.05, 0.1) is 6.42 Å². The van der Waals surface area contributed by atoms with Crippen molar-refractivity contribution in [3.8, 4) is 0 Å². The van der Waals surface area contributed by atoms with Gasteiger partial charge < -0.3 is 15.3 Å². The summed E-state index contributed by atoms with van der Waals surface area (Å²) >= 11 is 0. The van der Waals surface area contributed by atoms with E-state index in [1.807, 2.05) is 0 Å². The number of piperazine rings is 1. The maximum absolute atomic E-state index is 11.7. The van der Waals surface area contributed by atoms with E-state index in [9.17, 15) is 9.59 Å². The Balaban J connectivity index is 2.21. The highest BCUT2D eigenvalue weighted by Crippen LogP contribution is 2.05. The molecule has 0 aliphatic carbocycles. The Hall–Kier alpha value is -1.30. The third-order valence-corrected chi connectivity index (χ3v) is 2.90. The van der Waals surface area contributed by atoms with E-state index in [4.69, 9.17) is 5.11 Å². The smallest absolute Gasteiger partial charge is 0.317 e. The number of carboxylic acid groups (broad SMARTS) is 1. The van der Waals surface area contributed by atoms with Crippen molar-refractivity contribution in [2.24, 2.45) is 5.92 Å². The Bertz CT molecular complexity index is 286. The van der Waals surface area contributed by atoms with Crippen LogP contribution in [-0.2, 0) is 4.79 Å². The summed E-state index contributed by atoms with van der Waals surface area (Å²) in [6, 6.07) is -0.152. The maximum Gasteiger partial charge on any atom is 0.317 e. The topological polar surface area (TPSA) is 72.9 Å². The van der Waals surface area contributed by atoms with Crippen LogP contribution in [0.1, 0.15) is 20.3 Å². The van der Waals surface area contributed by atoms with E-state index in [-0.39, 0.29) is 19.0 Å². The zero-order valence-corrected chi connectivity index (χ0v) is 11.2. The molecule has 0 radical (unpaired) electrons. The lowest BCUT2D eigenvalue weighted by Gasteiger charge is -2.35. The number of nitrogens with zero attached hydrogens (tertiary/aromatic N) is 2. The Morgan fingerprint density at radius 3 is 2.33 bits per heavy atom. The second-order valence-corrected chi connectivity index (χ2v) is 5.06. The largest absolute Gasteiger partial charge is 0.481 e. The van der Waals surface area contributed by atoms with E-state index in [2.05, 4.69) is 24.1 Å². The van der Waals surface area contributed by atoms with Crippen LogP contribution in [0.2, 0.25) is 0 Å². The number of rotatable bonds is 5. The highest BCUT2D eigenvalue weighted by molar-refractivity contribution is 5.75. The van der Waals surface area contributed by atoms with Crippen LogP contribution in [0.25, 0.3) is 0 Å². The first-order chi connectivity index (χ1) is 8.49. The molecule has 0 bridgehead atoms. The molecule has 0 atom stereocenters. The minimum atomic E-state index is -0.892. The van der Waals surface area contributed by atoms with E-state index >= 15 is 0 Å². The van der Waals surface area contributed by atoms with Crippen molar-refractivity contribution < 1.29 is 14.7 Å². The minimum absolute atomic E-state index is 0.0287. The van der Waals surface area contributed by atoms with Crippen LogP contribution in [0, 0.1) is 5.92 Å². The molecule has 2 N–H and O–H groups in total. The van der Waals surface area contributed by atoms with Crippen LogP contribution in [0.4, 0.5) is 4.79 Å². The van der Waals surface area contributed by atoms with Crippen LogP contribution in [0.3, 0.4) is 0 Å². The molecule has 1 heterocycles. The van der Waals surface area contributed by atoms with Gasteiger partial charge in [0.1, 0.15) is 0 Å². The summed E-state index contributed by atoms with van der Waals surface area (Å²) in [5.41, 5.74) is 0. The average molecular weight is 257 g/mol. The number of carboxylic acids is 1. The summed E-state index contributed by atoms with van der Waals surface area (Å²) in [5, 5.41) is 11.1. The monoisotopic (exact) mass is 257 g/mol. The lowest BCUT2D eigenvalue weighted by Crippen LogP contribution is -2.52. The zero-order valence-electron chi connectivity index (χ0n) is 11.2. The molecule has 0 aromatic rings. The van der Waals surface area contributed by atoms with Gasteiger partial charge in [-0.1, -0.05) is 13.8 Å². The molecular weight excluding hydrogens is 234 g/mol. The van der Waals surface area contributed by atoms with Gasteiger partial charge in [0.15, 0.2) is 0 Å². The highest BCUT2D eigenvalue weighted by Gasteiger charge is 2.20. The molecule has 0 spiro atoms. The molecule has 104 valence electrons. The van der Waals surface area contributed by atoms with E-state index in [1.54, 1.807) is 4.90 Å². The summed E-state index contributed by atoms with van der Waals surface area (Å²) in [4.78, 5) is 26.1. The van der Waals surface area contributed by atoms with Gasteiger partial charge in [0, 0.05) is 39.3 Å². The highest BCUT2D eigenvalue weighted by atomic mass is 16.4. The first-order valence-corrected chi connectivity index (χ1v) is 6.46. The van der Waals surface area contributed by atoms with Gasteiger partial charge in [-0.3, -0.25) is 9.69 Å². The summed E-state index contributed by atoms with van der Waals surface area (Å²) in [5.74, 6) is -0.252. The number of amides is 2. The maximum atomic E-state index is 11.7. The van der Waals surface area contributed by atoms with Gasteiger partial charge in [0.25, 0.3) is 0 Å². The first-order valence-electron chi connectivity index (χ1n) is 6.46. The Kier molecular flexibility index (Phi) is 5.91. The molecule has 6 nitrogen and oxygen atoms in total. The molecule has 6 heteroatoms. The summed E-state index contributed by atoms with van der Waals surface area (Å²) in [6.07, 6.45) is -0.0287. The van der Waals surface area contributed by atoms with Crippen molar-refractivity contribution in [2.75, 3.05) is 39.3 Å². The summed E-state index contributed by atoms with van der Waals surface area (Å²) < 4.78 is 0. The van der Waals surface area contributed by atoms with E-state index < -0.39 is 5.97 Å². The van der Waals surface area contributed by atoms with Crippen LogP contribution in [0.5, 0.6) is 0 Å². The van der Waals surface area contributed by atoms with Crippen molar-refractivity contribution in [2.45, 2.75) is 20.3 Å². The molecule has 1 aliphatic heterocycles. The quantitative estimate of drug-likeness (QED) is 0.750. The number of hydrogen-bond acceptors (Lipinski definition) is 3. The molecule has 0 unspecified atom stereocenters. The third kappa shape index (κ3) is 5.35. The van der Waals surface area contributed by atoms with Crippen LogP contribution in [-0.4, -0.2) is 66.2 Å². The zero-order chi connectivity index (χ0) is 13.5. The molecule has 1 saturated heterocycles. The second kappa shape index (κ2) is 7.20. The van der Waals surface area contributed by atoms with Gasteiger partial charge in [0.2, 0.25) is 0 Å². The lowest BCUT2D eigenvalue weighted by molar-refractivity contribution is -0.136. The van der Waals surface area contributed by atoms with Crippen LogP contribution in [0.15, 0.2) is 0 Å². The number of carbonyl (C=O) groups is 2. The molecule has 0 aromatic carbocycles. The fraction of sp³-hybridized carbons (Fsp3) is 0.833. The molecular formula is C12H23N3O3.